The van der Waals surface area contributed by atoms with Gasteiger partial charge in [0.1, 0.15) is 11.1 Å². The molecule has 0 aliphatic rings. The first-order chi connectivity index (χ1) is 9.78. The topological polar surface area (TPSA) is 73.2 Å². The fraction of sp³-hybridized carbons (Fsp3) is 0.615. The molecule has 0 bridgehead atoms. The Labute approximate surface area is 125 Å². The molecule has 0 saturated heterocycles. The largest absolute Gasteiger partial charge is 0.444 e. The number of amides is 1. The van der Waals surface area contributed by atoms with Crippen molar-refractivity contribution >= 4 is 12.4 Å². The predicted octanol–water partition coefficient (Wildman–Crippen LogP) is 2.38. The third-order valence-corrected chi connectivity index (χ3v) is 2.70. The van der Waals surface area contributed by atoms with Crippen LogP contribution in [0, 0.1) is 0 Å². The highest BCUT2D eigenvalue weighted by Gasteiger charge is 2.39. The monoisotopic (exact) mass is 321 g/mol. The van der Waals surface area contributed by atoms with E-state index in [1.54, 1.807) is 20.8 Å². The molecule has 0 aliphatic carbocycles. The van der Waals surface area contributed by atoms with Crippen molar-refractivity contribution in [3.63, 3.8) is 0 Å². The summed E-state index contributed by atoms with van der Waals surface area (Å²) >= 11 is 0. The zero-order valence-electron chi connectivity index (χ0n) is 12.9. The zero-order chi connectivity index (χ0) is 17.3. The van der Waals surface area contributed by atoms with E-state index in [0.717, 1.165) is 4.68 Å². The molecule has 1 heterocycles. The van der Waals surface area contributed by atoms with E-state index >= 15 is 0 Å². The minimum Gasteiger partial charge on any atom is -0.444 e. The van der Waals surface area contributed by atoms with Gasteiger partial charge in [-0.15, -0.1) is 0 Å². The lowest BCUT2D eigenvalue weighted by atomic mass is 9.99. The summed E-state index contributed by atoms with van der Waals surface area (Å²) in [6.45, 7) is 6.13. The first-order valence-corrected chi connectivity index (χ1v) is 6.38. The Hall–Kier alpha value is -2.06. The Balaban J connectivity index is 3.11. The standard InChI is InChI=1S/C13H18F3N3O3/c1-11(2,3)22-10(21)17-12(4,7-20)9-6-8(13(14,15)16)18-19(9)5/h6-7H,1-5H3,(H,17,21). The van der Waals surface area contributed by atoms with Crippen LogP contribution in [0.25, 0.3) is 0 Å². The second-order valence-electron chi connectivity index (χ2n) is 5.98. The molecule has 0 aromatic carbocycles. The molecule has 9 heteroatoms. The maximum Gasteiger partial charge on any atom is 0.435 e. The number of carbonyl (C=O) groups excluding carboxylic acids is 2. The Morgan fingerprint density at radius 3 is 2.23 bits per heavy atom. The van der Waals surface area contributed by atoms with Crippen molar-refractivity contribution in [2.75, 3.05) is 0 Å². The Morgan fingerprint density at radius 1 is 1.32 bits per heavy atom. The maximum atomic E-state index is 12.7. The molecule has 1 rings (SSSR count). The average molecular weight is 321 g/mol. The molecule has 0 saturated carbocycles. The van der Waals surface area contributed by atoms with Crippen LogP contribution in [0.4, 0.5) is 18.0 Å². The number of nitrogens with zero attached hydrogens (tertiary/aromatic N) is 2. The minimum atomic E-state index is -4.65. The highest BCUT2D eigenvalue weighted by molar-refractivity contribution is 5.77. The normalized spacial score (nSPS) is 15.1. The number of hydrogen-bond acceptors (Lipinski definition) is 4. The van der Waals surface area contributed by atoms with Crippen molar-refractivity contribution in [2.24, 2.45) is 7.05 Å². The molecule has 0 spiro atoms. The van der Waals surface area contributed by atoms with Gasteiger partial charge >= 0.3 is 12.3 Å². The molecular weight excluding hydrogens is 303 g/mol. The van der Waals surface area contributed by atoms with Gasteiger partial charge in [0.15, 0.2) is 12.0 Å². The van der Waals surface area contributed by atoms with Gasteiger partial charge in [0.2, 0.25) is 0 Å². The van der Waals surface area contributed by atoms with Gasteiger partial charge in [0.25, 0.3) is 0 Å². The average Bonchev–Trinajstić information content (AvgIpc) is 2.68. The summed E-state index contributed by atoms with van der Waals surface area (Å²) in [7, 11) is 1.25. The van der Waals surface area contributed by atoms with E-state index in [0.29, 0.717) is 12.4 Å². The molecule has 1 N–H and O–H groups in total. The summed E-state index contributed by atoms with van der Waals surface area (Å²) < 4.78 is 44.0. The number of nitrogens with one attached hydrogen (secondary N) is 1. The van der Waals surface area contributed by atoms with E-state index in [2.05, 4.69) is 10.4 Å². The van der Waals surface area contributed by atoms with Crippen molar-refractivity contribution < 1.29 is 27.5 Å². The van der Waals surface area contributed by atoms with E-state index in [-0.39, 0.29) is 5.69 Å². The van der Waals surface area contributed by atoms with Gasteiger partial charge in [-0.25, -0.2) is 4.79 Å². The van der Waals surface area contributed by atoms with Crippen molar-refractivity contribution in [3.05, 3.63) is 17.5 Å². The highest BCUT2D eigenvalue weighted by atomic mass is 19.4. The molecule has 1 aromatic heterocycles. The molecule has 1 amide bonds. The minimum absolute atomic E-state index is 0.110. The van der Waals surface area contributed by atoms with Crippen molar-refractivity contribution in [2.45, 2.75) is 45.0 Å². The van der Waals surface area contributed by atoms with Crippen LogP contribution in [0.2, 0.25) is 0 Å². The maximum absolute atomic E-state index is 12.7. The van der Waals surface area contributed by atoms with Gasteiger partial charge in [-0.05, 0) is 33.8 Å². The van der Waals surface area contributed by atoms with Gasteiger partial charge in [-0.1, -0.05) is 0 Å². The number of aryl methyl sites for hydroxylation is 1. The van der Waals surface area contributed by atoms with Crippen molar-refractivity contribution in [1.29, 1.82) is 0 Å². The SMILES string of the molecule is Cn1nc(C(F)(F)F)cc1C(C)(C=O)NC(=O)OC(C)(C)C. The van der Waals surface area contributed by atoms with Gasteiger partial charge in [0.05, 0.1) is 5.69 Å². The van der Waals surface area contributed by atoms with Crippen molar-refractivity contribution in [3.8, 4) is 0 Å². The van der Waals surface area contributed by atoms with Crippen LogP contribution in [0.3, 0.4) is 0 Å². The molecule has 6 nitrogen and oxygen atoms in total. The fourth-order valence-corrected chi connectivity index (χ4v) is 1.76. The smallest absolute Gasteiger partial charge is 0.435 e. The molecule has 1 unspecified atom stereocenters. The highest BCUT2D eigenvalue weighted by Crippen LogP contribution is 2.31. The van der Waals surface area contributed by atoms with E-state index in [1.165, 1.54) is 14.0 Å². The third kappa shape index (κ3) is 4.22. The lowest BCUT2D eigenvalue weighted by Gasteiger charge is -2.27. The molecule has 0 fully saturated rings. The second kappa shape index (κ2) is 5.62. The Bertz CT molecular complexity index is 575. The number of carbonyl (C=O) groups is 2. The van der Waals surface area contributed by atoms with E-state index < -0.39 is 29.1 Å². The van der Waals surface area contributed by atoms with Gasteiger partial charge in [0, 0.05) is 7.05 Å². The summed E-state index contributed by atoms with van der Waals surface area (Å²) in [5, 5.41) is 5.58. The summed E-state index contributed by atoms with van der Waals surface area (Å²) in [6, 6.07) is 0.714. The number of aromatic nitrogens is 2. The molecule has 1 aromatic rings. The zero-order valence-corrected chi connectivity index (χ0v) is 12.9. The Kier molecular flexibility index (Phi) is 4.59. The van der Waals surface area contributed by atoms with Gasteiger partial charge in [-0.3, -0.25) is 4.68 Å². The van der Waals surface area contributed by atoms with Gasteiger partial charge < -0.3 is 14.8 Å². The van der Waals surface area contributed by atoms with Crippen LogP contribution in [0.5, 0.6) is 0 Å². The number of alkyl halides is 3. The third-order valence-electron chi connectivity index (χ3n) is 2.70. The fourth-order valence-electron chi connectivity index (χ4n) is 1.76. The lowest BCUT2D eigenvalue weighted by molar-refractivity contribution is -0.141. The van der Waals surface area contributed by atoms with Crippen LogP contribution in [0.15, 0.2) is 6.07 Å². The van der Waals surface area contributed by atoms with Crippen LogP contribution in [0.1, 0.15) is 39.1 Å². The number of ether oxygens (including phenoxy) is 1. The van der Waals surface area contributed by atoms with E-state index in [9.17, 15) is 22.8 Å². The molecule has 22 heavy (non-hydrogen) atoms. The number of halogens is 3. The van der Waals surface area contributed by atoms with Crippen LogP contribution in [-0.4, -0.2) is 27.8 Å². The van der Waals surface area contributed by atoms with Crippen molar-refractivity contribution in [1.82, 2.24) is 15.1 Å². The molecule has 124 valence electrons. The molecule has 0 aliphatic heterocycles. The number of rotatable bonds is 3. The summed E-state index contributed by atoms with van der Waals surface area (Å²) in [5.41, 5.74) is -3.77. The van der Waals surface area contributed by atoms with Crippen LogP contribution in [-0.2, 0) is 28.3 Å². The summed E-state index contributed by atoms with van der Waals surface area (Å²) in [5.74, 6) is 0. The number of hydrogen-bond donors (Lipinski definition) is 1. The first-order valence-electron chi connectivity index (χ1n) is 6.38. The van der Waals surface area contributed by atoms with Crippen LogP contribution < -0.4 is 5.32 Å². The number of alkyl carbamates (subject to hydrolysis) is 1. The molecule has 1 atom stereocenters. The summed E-state index contributed by atoms with van der Waals surface area (Å²) in [6.07, 6.45) is -5.24. The van der Waals surface area contributed by atoms with E-state index in [4.69, 9.17) is 4.74 Å². The van der Waals surface area contributed by atoms with E-state index in [1.807, 2.05) is 0 Å². The molecular formula is C13H18F3N3O3. The lowest BCUT2D eigenvalue weighted by Crippen LogP contribution is -2.48. The van der Waals surface area contributed by atoms with Crippen LogP contribution >= 0.6 is 0 Å². The van der Waals surface area contributed by atoms with Gasteiger partial charge in [-0.2, -0.15) is 18.3 Å². The Morgan fingerprint density at radius 2 is 1.86 bits per heavy atom. The second-order valence-corrected chi connectivity index (χ2v) is 5.98. The quantitative estimate of drug-likeness (QED) is 0.868. The molecule has 0 radical (unpaired) electrons. The first kappa shape index (κ1) is 18.0. The summed E-state index contributed by atoms with van der Waals surface area (Å²) in [4.78, 5) is 23.1. The number of aldehydes is 1. The predicted molar refractivity (Wildman–Crippen MR) is 71.0 cm³/mol.